The molecule has 1 amide bonds. The van der Waals surface area contributed by atoms with Crippen LogP contribution in [0, 0.1) is 11.3 Å². The summed E-state index contributed by atoms with van der Waals surface area (Å²) in [5.41, 5.74) is 0.335. The molecule has 2 rings (SSSR count). The number of rotatable bonds is 5. The van der Waals surface area contributed by atoms with Gasteiger partial charge in [0.25, 0.3) is 0 Å². The van der Waals surface area contributed by atoms with Gasteiger partial charge in [0.05, 0.1) is 12.6 Å². The Bertz CT molecular complexity index is 590. The Morgan fingerprint density at radius 2 is 2.04 bits per heavy atom. The van der Waals surface area contributed by atoms with Gasteiger partial charge in [-0.05, 0) is 31.4 Å². The molecule has 0 unspecified atom stereocenters. The average Bonchev–Trinajstić information content (AvgIpc) is 2.59. The summed E-state index contributed by atoms with van der Waals surface area (Å²) >= 11 is 6.18. The van der Waals surface area contributed by atoms with Gasteiger partial charge in [-0.3, -0.25) is 4.79 Å². The first-order valence-electron chi connectivity index (χ1n) is 8.16. The summed E-state index contributed by atoms with van der Waals surface area (Å²) in [6.07, 6.45) is 4.70. The van der Waals surface area contributed by atoms with Crippen LogP contribution in [0.4, 0.5) is 0 Å². The largest absolute Gasteiger partial charge is 0.326 e. The van der Waals surface area contributed by atoms with Crippen LogP contribution < -0.4 is 5.32 Å². The molecule has 1 atom stereocenters. The van der Waals surface area contributed by atoms with E-state index in [1.165, 1.54) is 0 Å². The third kappa shape index (κ3) is 4.04. The molecule has 1 fully saturated rings. The van der Waals surface area contributed by atoms with E-state index in [2.05, 4.69) is 11.4 Å². The number of halogens is 1. The Kier molecular flexibility index (Phi) is 6.04. The Hall–Kier alpha value is -1.57. The molecule has 1 N–H and O–H groups in total. The van der Waals surface area contributed by atoms with E-state index in [9.17, 15) is 10.1 Å². The zero-order chi connectivity index (χ0) is 16.9. The molecule has 0 aromatic heterocycles. The minimum absolute atomic E-state index is 0.0227. The van der Waals surface area contributed by atoms with Gasteiger partial charge in [0.1, 0.15) is 5.54 Å². The fraction of sp³-hybridized carbons (Fsp3) is 0.556. The van der Waals surface area contributed by atoms with Crippen molar-refractivity contribution in [3.8, 4) is 6.07 Å². The quantitative estimate of drug-likeness (QED) is 0.894. The SMILES string of the molecule is C[C@H](NCC(=O)N(C)C1(C#N)CCCCC1)c1ccccc1Cl. The van der Waals surface area contributed by atoms with Crippen LogP contribution in [0.2, 0.25) is 5.02 Å². The van der Waals surface area contributed by atoms with Crippen molar-refractivity contribution in [2.24, 2.45) is 0 Å². The maximum atomic E-state index is 12.5. The van der Waals surface area contributed by atoms with Gasteiger partial charge in [-0.2, -0.15) is 5.26 Å². The van der Waals surface area contributed by atoms with Crippen LogP contribution in [-0.4, -0.2) is 29.9 Å². The molecule has 1 saturated carbocycles. The lowest BCUT2D eigenvalue weighted by Crippen LogP contribution is -2.52. The molecule has 4 nitrogen and oxygen atoms in total. The molecular weight excluding hydrogens is 310 g/mol. The topological polar surface area (TPSA) is 56.1 Å². The second kappa shape index (κ2) is 7.81. The highest BCUT2D eigenvalue weighted by molar-refractivity contribution is 6.31. The lowest BCUT2D eigenvalue weighted by molar-refractivity contribution is -0.134. The van der Waals surface area contributed by atoms with Crippen LogP contribution in [0.3, 0.4) is 0 Å². The number of hydrogen-bond acceptors (Lipinski definition) is 3. The van der Waals surface area contributed by atoms with E-state index in [-0.39, 0.29) is 18.5 Å². The van der Waals surface area contributed by atoms with Gasteiger partial charge in [-0.15, -0.1) is 0 Å². The first-order valence-corrected chi connectivity index (χ1v) is 8.54. The van der Waals surface area contributed by atoms with Crippen LogP contribution in [0.1, 0.15) is 50.6 Å². The monoisotopic (exact) mass is 333 g/mol. The van der Waals surface area contributed by atoms with E-state index in [4.69, 9.17) is 11.6 Å². The molecule has 1 aliphatic carbocycles. The predicted molar refractivity (Wildman–Crippen MR) is 92.1 cm³/mol. The minimum Gasteiger partial charge on any atom is -0.326 e. The Balaban J connectivity index is 1.96. The Morgan fingerprint density at radius 1 is 1.39 bits per heavy atom. The molecule has 5 heteroatoms. The highest BCUT2D eigenvalue weighted by Gasteiger charge is 2.38. The predicted octanol–water partition coefficient (Wildman–Crippen LogP) is 3.68. The normalized spacial score (nSPS) is 18.0. The van der Waals surface area contributed by atoms with Gasteiger partial charge < -0.3 is 10.2 Å². The number of amides is 1. The third-order valence-corrected chi connectivity index (χ3v) is 5.18. The molecule has 124 valence electrons. The summed E-state index contributed by atoms with van der Waals surface area (Å²) < 4.78 is 0. The number of nitrogens with zero attached hydrogens (tertiary/aromatic N) is 2. The molecular formula is C18H24ClN3O. The first-order chi connectivity index (χ1) is 11.0. The van der Waals surface area contributed by atoms with Gasteiger partial charge in [0.15, 0.2) is 0 Å². The fourth-order valence-corrected chi connectivity index (χ4v) is 3.49. The zero-order valence-electron chi connectivity index (χ0n) is 13.8. The lowest BCUT2D eigenvalue weighted by Gasteiger charge is -2.39. The van der Waals surface area contributed by atoms with Gasteiger partial charge >= 0.3 is 0 Å². The first kappa shape index (κ1) is 17.8. The van der Waals surface area contributed by atoms with Crippen LogP contribution >= 0.6 is 11.6 Å². The van der Waals surface area contributed by atoms with Gasteiger partial charge in [0.2, 0.25) is 5.91 Å². The van der Waals surface area contributed by atoms with Crippen LogP contribution in [0.5, 0.6) is 0 Å². The molecule has 23 heavy (non-hydrogen) atoms. The lowest BCUT2D eigenvalue weighted by atomic mass is 9.81. The molecule has 0 bridgehead atoms. The van der Waals surface area contributed by atoms with E-state index in [0.29, 0.717) is 5.02 Å². The van der Waals surface area contributed by atoms with E-state index >= 15 is 0 Å². The summed E-state index contributed by atoms with van der Waals surface area (Å²) in [6.45, 7) is 2.18. The van der Waals surface area contributed by atoms with E-state index in [1.807, 2.05) is 31.2 Å². The highest BCUT2D eigenvalue weighted by atomic mass is 35.5. The average molecular weight is 334 g/mol. The molecule has 1 aromatic rings. The smallest absolute Gasteiger partial charge is 0.237 e. The van der Waals surface area contributed by atoms with Gasteiger partial charge in [-0.1, -0.05) is 49.1 Å². The number of hydrogen-bond donors (Lipinski definition) is 1. The number of benzene rings is 1. The van der Waals surface area contributed by atoms with Crippen LogP contribution in [-0.2, 0) is 4.79 Å². The van der Waals surface area contributed by atoms with Crippen molar-refractivity contribution in [1.29, 1.82) is 5.26 Å². The summed E-state index contributed by atoms with van der Waals surface area (Å²) in [5, 5.41) is 13.5. The molecule has 0 saturated heterocycles. The second-order valence-electron chi connectivity index (χ2n) is 6.28. The molecule has 0 heterocycles. The van der Waals surface area contributed by atoms with Crippen molar-refractivity contribution in [3.05, 3.63) is 34.9 Å². The summed E-state index contributed by atoms with van der Waals surface area (Å²) in [5.74, 6) is -0.0487. The molecule has 0 aliphatic heterocycles. The van der Waals surface area contributed by atoms with E-state index in [1.54, 1.807) is 11.9 Å². The maximum absolute atomic E-state index is 12.5. The van der Waals surface area contributed by atoms with Gasteiger partial charge in [-0.25, -0.2) is 0 Å². The molecule has 0 spiro atoms. The standard InChI is InChI=1S/C18H24ClN3O/c1-14(15-8-4-5-9-16(15)19)21-12-17(23)22(2)18(13-20)10-6-3-7-11-18/h4-5,8-9,14,21H,3,6-7,10-12H2,1-2H3/t14-/m0/s1. The number of likely N-dealkylation sites (N-methyl/N-ethyl adjacent to an activating group) is 1. The van der Waals surface area contributed by atoms with Crippen molar-refractivity contribution in [1.82, 2.24) is 10.2 Å². The van der Waals surface area contributed by atoms with E-state index < -0.39 is 5.54 Å². The number of carbonyl (C=O) groups excluding carboxylic acids is 1. The van der Waals surface area contributed by atoms with Crippen molar-refractivity contribution in [2.45, 2.75) is 50.6 Å². The second-order valence-corrected chi connectivity index (χ2v) is 6.69. The van der Waals surface area contributed by atoms with Gasteiger partial charge in [0, 0.05) is 18.1 Å². The van der Waals surface area contributed by atoms with Crippen LogP contribution in [0.25, 0.3) is 0 Å². The van der Waals surface area contributed by atoms with Crippen molar-refractivity contribution < 1.29 is 4.79 Å². The van der Waals surface area contributed by atoms with Crippen molar-refractivity contribution in [2.75, 3.05) is 13.6 Å². The van der Waals surface area contributed by atoms with E-state index in [0.717, 1.165) is 37.7 Å². The third-order valence-electron chi connectivity index (χ3n) is 4.84. The zero-order valence-corrected chi connectivity index (χ0v) is 14.6. The van der Waals surface area contributed by atoms with Crippen molar-refractivity contribution >= 4 is 17.5 Å². The number of nitriles is 1. The number of nitrogens with one attached hydrogen (secondary N) is 1. The molecule has 0 radical (unpaired) electrons. The molecule has 1 aliphatic rings. The fourth-order valence-electron chi connectivity index (χ4n) is 3.19. The molecule has 1 aromatic carbocycles. The minimum atomic E-state index is -0.634. The maximum Gasteiger partial charge on any atom is 0.237 e. The summed E-state index contributed by atoms with van der Waals surface area (Å²) in [6, 6.07) is 9.97. The Labute approximate surface area is 143 Å². The Morgan fingerprint density at radius 3 is 2.65 bits per heavy atom. The summed E-state index contributed by atoms with van der Waals surface area (Å²) in [4.78, 5) is 14.1. The highest BCUT2D eigenvalue weighted by Crippen LogP contribution is 2.32. The number of carbonyl (C=O) groups is 1. The van der Waals surface area contributed by atoms with Crippen LogP contribution in [0.15, 0.2) is 24.3 Å². The summed E-state index contributed by atoms with van der Waals surface area (Å²) in [7, 11) is 1.75. The van der Waals surface area contributed by atoms with Crippen molar-refractivity contribution in [3.63, 3.8) is 0 Å².